The van der Waals surface area contributed by atoms with Crippen LogP contribution in [0.2, 0.25) is 0 Å². The van der Waals surface area contributed by atoms with Gasteiger partial charge in [0, 0.05) is 11.3 Å². The highest BCUT2D eigenvalue weighted by molar-refractivity contribution is 5.65. The predicted octanol–water partition coefficient (Wildman–Crippen LogP) is 3.71. The molecule has 6 nitrogen and oxygen atoms in total. The van der Waals surface area contributed by atoms with Gasteiger partial charge < -0.3 is 18.9 Å². The molecule has 3 aromatic rings. The van der Waals surface area contributed by atoms with Crippen LogP contribution < -0.4 is 9.47 Å². The Hall–Kier alpha value is -2.83. The van der Waals surface area contributed by atoms with Crippen LogP contribution in [0.3, 0.4) is 0 Å². The van der Waals surface area contributed by atoms with Crippen LogP contribution in [-0.4, -0.2) is 48.4 Å². The third-order valence-electron chi connectivity index (χ3n) is 5.30. The summed E-state index contributed by atoms with van der Waals surface area (Å²) in [6.07, 6.45) is 0.515. The SMILES string of the molecule is Cc1c(-c2ccc(OCC3CO3)cc2)nn(-c2ccc(OCC3CO3)cc2)c1C. The number of hydrogen-bond acceptors (Lipinski definition) is 5. The van der Waals surface area contributed by atoms with E-state index >= 15 is 0 Å². The van der Waals surface area contributed by atoms with Crippen LogP contribution in [0.25, 0.3) is 16.9 Å². The minimum atomic E-state index is 0.257. The van der Waals surface area contributed by atoms with Gasteiger partial charge in [0.1, 0.15) is 36.9 Å². The van der Waals surface area contributed by atoms with Crippen LogP contribution in [0.5, 0.6) is 11.5 Å². The average Bonchev–Trinajstić information content (AvgIpc) is 3.67. The molecule has 0 amide bonds. The molecule has 2 aliphatic heterocycles. The van der Waals surface area contributed by atoms with Gasteiger partial charge >= 0.3 is 0 Å². The summed E-state index contributed by atoms with van der Waals surface area (Å²) >= 11 is 0. The van der Waals surface area contributed by atoms with E-state index in [2.05, 4.69) is 26.0 Å². The van der Waals surface area contributed by atoms with Crippen molar-refractivity contribution in [3.8, 4) is 28.4 Å². The van der Waals surface area contributed by atoms with Crippen LogP contribution in [-0.2, 0) is 9.47 Å². The summed E-state index contributed by atoms with van der Waals surface area (Å²) in [5.74, 6) is 1.70. The lowest BCUT2D eigenvalue weighted by Gasteiger charge is -2.07. The van der Waals surface area contributed by atoms with Crippen LogP contribution >= 0.6 is 0 Å². The molecule has 2 fully saturated rings. The average molecular weight is 392 g/mol. The molecular formula is C23H24N2O4. The molecule has 6 heteroatoms. The Kier molecular flexibility index (Phi) is 4.73. The van der Waals surface area contributed by atoms with Crippen LogP contribution in [0, 0.1) is 13.8 Å². The van der Waals surface area contributed by atoms with Crippen LogP contribution in [0.4, 0.5) is 0 Å². The topological polar surface area (TPSA) is 61.3 Å². The number of aromatic nitrogens is 2. The van der Waals surface area contributed by atoms with Crippen molar-refractivity contribution in [2.45, 2.75) is 26.1 Å². The first kappa shape index (κ1) is 18.2. The van der Waals surface area contributed by atoms with Crippen molar-refractivity contribution in [1.29, 1.82) is 0 Å². The number of hydrogen-bond donors (Lipinski definition) is 0. The Labute approximate surface area is 170 Å². The molecule has 2 aromatic carbocycles. The van der Waals surface area contributed by atoms with Crippen molar-refractivity contribution >= 4 is 0 Å². The van der Waals surface area contributed by atoms with Gasteiger partial charge in [-0.1, -0.05) is 0 Å². The van der Waals surface area contributed by atoms with E-state index in [0.717, 1.165) is 52.9 Å². The molecule has 2 atom stereocenters. The Morgan fingerprint density at radius 3 is 1.90 bits per heavy atom. The van der Waals surface area contributed by atoms with E-state index in [1.165, 1.54) is 0 Å². The molecule has 0 N–H and O–H groups in total. The molecule has 0 radical (unpaired) electrons. The second-order valence-corrected chi connectivity index (χ2v) is 7.52. The Morgan fingerprint density at radius 1 is 0.862 bits per heavy atom. The Morgan fingerprint density at radius 2 is 1.38 bits per heavy atom. The summed E-state index contributed by atoms with van der Waals surface area (Å²) in [7, 11) is 0. The Balaban J connectivity index is 1.33. The number of benzene rings is 2. The number of nitrogens with zero attached hydrogens (tertiary/aromatic N) is 2. The first-order chi connectivity index (χ1) is 14.2. The number of rotatable bonds is 8. The minimum absolute atomic E-state index is 0.257. The summed E-state index contributed by atoms with van der Waals surface area (Å²) in [5.41, 5.74) is 5.34. The quantitative estimate of drug-likeness (QED) is 0.547. The summed E-state index contributed by atoms with van der Waals surface area (Å²) < 4.78 is 23.8. The largest absolute Gasteiger partial charge is 0.491 e. The first-order valence-corrected chi connectivity index (χ1v) is 9.93. The van der Waals surface area contributed by atoms with Gasteiger partial charge in [-0.05, 0) is 67.9 Å². The number of epoxide rings is 2. The van der Waals surface area contributed by atoms with E-state index in [9.17, 15) is 0 Å². The highest BCUT2D eigenvalue weighted by Gasteiger charge is 2.23. The third kappa shape index (κ3) is 4.13. The molecule has 0 spiro atoms. The Bertz CT molecular complexity index is 907. The van der Waals surface area contributed by atoms with E-state index in [0.29, 0.717) is 13.2 Å². The van der Waals surface area contributed by atoms with Crippen molar-refractivity contribution in [1.82, 2.24) is 9.78 Å². The minimum Gasteiger partial charge on any atom is -0.491 e. The van der Waals surface area contributed by atoms with Gasteiger partial charge in [0.25, 0.3) is 0 Å². The maximum absolute atomic E-state index is 5.73. The molecule has 0 aliphatic carbocycles. The lowest BCUT2D eigenvalue weighted by molar-refractivity contribution is 0.263. The van der Waals surface area contributed by atoms with Gasteiger partial charge in [0.2, 0.25) is 0 Å². The molecule has 1 aromatic heterocycles. The van der Waals surface area contributed by atoms with E-state index in [1.54, 1.807) is 0 Å². The highest BCUT2D eigenvalue weighted by atomic mass is 16.6. The van der Waals surface area contributed by atoms with E-state index in [4.69, 9.17) is 24.0 Å². The monoisotopic (exact) mass is 392 g/mol. The zero-order chi connectivity index (χ0) is 19.8. The van der Waals surface area contributed by atoms with E-state index < -0.39 is 0 Å². The molecule has 0 bridgehead atoms. The molecule has 2 aliphatic rings. The van der Waals surface area contributed by atoms with Gasteiger partial charge in [-0.2, -0.15) is 5.10 Å². The third-order valence-corrected chi connectivity index (χ3v) is 5.30. The summed E-state index contributed by atoms with van der Waals surface area (Å²) in [5, 5.41) is 4.87. The molecule has 0 saturated carbocycles. The van der Waals surface area contributed by atoms with Crippen molar-refractivity contribution in [3.05, 3.63) is 59.8 Å². The summed E-state index contributed by atoms with van der Waals surface area (Å²) in [4.78, 5) is 0. The molecule has 2 unspecified atom stereocenters. The second-order valence-electron chi connectivity index (χ2n) is 7.52. The zero-order valence-electron chi connectivity index (χ0n) is 16.6. The summed E-state index contributed by atoms with van der Waals surface area (Å²) in [6.45, 7) is 7.02. The first-order valence-electron chi connectivity index (χ1n) is 9.93. The smallest absolute Gasteiger partial charge is 0.119 e. The van der Waals surface area contributed by atoms with Crippen LogP contribution in [0.15, 0.2) is 48.5 Å². The lowest BCUT2D eigenvalue weighted by Crippen LogP contribution is -2.04. The van der Waals surface area contributed by atoms with Crippen molar-refractivity contribution in [2.75, 3.05) is 26.4 Å². The van der Waals surface area contributed by atoms with Crippen molar-refractivity contribution in [3.63, 3.8) is 0 Å². The maximum atomic E-state index is 5.73. The van der Waals surface area contributed by atoms with Gasteiger partial charge in [0.15, 0.2) is 0 Å². The predicted molar refractivity (Wildman–Crippen MR) is 109 cm³/mol. The van der Waals surface area contributed by atoms with Gasteiger partial charge in [-0.25, -0.2) is 4.68 Å². The van der Waals surface area contributed by atoms with Crippen LogP contribution in [0.1, 0.15) is 11.3 Å². The van der Waals surface area contributed by atoms with E-state index in [1.807, 2.05) is 41.1 Å². The standard InChI is InChI=1S/C23H24N2O4/c1-15-16(2)25(18-5-9-20(10-6-18)27-12-22-14-29-22)24-23(15)17-3-7-19(8-4-17)26-11-21-13-28-21/h3-10,21-22H,11-14H2,1-2H3. The zero-order valence-corrected chi connectivity index (χ0v) is 16.6. The second kappa shape index (κ2) is 7.54. The fourth-order valence-corrected chi connectivity index (χ4v) is 3.21. The van der Waals surface area contributed by atoms with Crippen molar-refractivity contribution in [2.24, 2.45) is 0 Å². The fraction of sp³-hybridized carbons (Fsp3) is 0.348. The van der Waals surface area contributed by atoms with E-state index in [-0.39, 0.29) is 12.2 Å². The lowest BCUT2D eigenvalue weighted by atomic mass is 10.1. The van der Waals surface area contributed by atoms with Crippen molar-refractivity contribution < 1.29 is 18.9 Å². The normalized spacial score (nSPS) is 19.8. The highest BCUT2D eigenvalue weighted by Crippen LogP contribution is 2.29. The molecule has 29 heavy (non-hydrogen) atoms. The van der Waals surface area contributed by atoms with Gasteiger partial charge in [-0.15, -0.1) is 0 Å². The van der Waals surface area contributed by atoms with Gasteiger partial charge in [-0.3, -0.25) is 0 Å². The molecule has 150 valence electrons. The summed E-state index contributed by atoms with van der Waals surface area (Å²) in [6, 6.07) is 16.1. The van der Waals surface area contributed by atoms with Gasteiger partial charge in [0.05, 0.1) is 24.6 Å². The molecular weight excluding hydrogens is 368 g/mol. The molecule has 2 saturated heterocycles. The fourth-order valence-electron chi connectivity index (χ4n) is 3.21. The number of ether oxygens (including phenoxy) is 4. The molecule has 3 heterocycles. The maximum Gasteiger partial charge on any atom is 0.119 e. The molecule has 5 rings (SSSR count).